The predicted octanol–water partition coefficient (Wildman–Crippen LogP) is 0.285. The van der Waals surface area contributed by atoms with Crippen molar-refractivity contribution in [2.24, 2.45) is 0 Å². The van der Waals surface area contributed by atoms with Gasteiger partial charge in [0, 0.05) is 27.1 Å². The lowest BCUT2D eigenvalue weighted by atomic mass is 10.5. The molecule has 1 aliphatic rings. The van der Waals surface area contributed by atoms with Gasteiger partial charge in [0.15, 0.2) is 0 Å². The van der Waals surface area contributed by atoms with Crippen LogP contribution in [0.1, 0.15) is 6.92 Å². The molecule has 4 nitrogen and oxygen atoms in total. The average Bonchev–Trinajstić information content (AvgIpc) is 2.01. The fourth-order valence-electron chi connectivity index (χ4n) is 1.05. The van der Waals surface area contributed by atoms with Crippen molar-refractivity contribution in [1.29, 1.82) is 0 Å². The second kappa shape index (κ2) is 4.18. The summed E-state index contributed by atoms with van der Waals surface area (Å²) in [6.07, 6.45) is 0. The number of likely N-dealkylation sites (N-methyl/N-ethyl adjacent to an activating group) is 1. The topological polar surface area (TPSA) is 30.9 Å². The van der Waals surface area contributed by atoms with Gasteiger partial charge >= 0.3 is 0 Å². The maximum Gasteiger partial charge on any atom is 0.279 e. The Morgan fingerprint density at radius 2 is 1.75 bits per heavy atom. The molecular weight excluding hydrogens is 158 g/mol. The highest BCUT2D eigenvalue weighted by Crippen LogP contribution is 2.14. The van der Waals surface area contributed by atoms with Crippen molar-refractivity contribution in [2.45, 2.75) is 12.9 Å². The van der Waals surface area contributed by atoms with Gasteiger partial charge in [-0.25, -0.2) is 0 Å². The molecule has 4 heteroatoms. The molecule has 0 aromatic carbocycles. The third kappa shape index (κ3) is 2.71. The van der Waals surface area contributed by atoms with E-state index in [1.165, 1.54) is 0 Å². The molecular formula is C8H17NO3. The molecule has 0 aromatic rings. The smallest absolute Gasteiger partial charge is 0.279 e. The Bertz CT molecular complexity index is 130. The van der Waals surface area contributed by atoms with Gasteiger partial charge in [0.2, 0.25) is 0 Å². The minimum absolute atomic E-state index is 0.640. The highest BCUT2D eigenvalue weighted by Gasteiger charge is 2.26. The highest BCUT2D eigenvalue weighted by atomic mass is 16.9. The molecule has 0 unspecified atom stereocenters. The van der Waals surface area contributed by atoms with Gasteiger partial charge in [-0.3, -0.25) is 0 Å². The van der Waals surface area contributed by atoms with Crippen molar-refractivity contribution >= 4 is 0 Å². The Kier molecular flexibility index (Phi) is 3.46. The Labute approximate surface area is 73.4 Å². The van der Waals surface area contributed by atoms with Crippen LogP contribution in [0.4, 0.5) is 0 Å². The first kappa shape index (κ1) is 9.92. The average molecular weight is 175 g/mol. The highest BCUT2D eigenvalue weighted by molar-refractivity contribution is 4.57. The van der Waals surface area contributed by atoms with Crippen LogP contribution in [-0.2, 0) is 14.2 Å². The van der Waals surface area contributed by atoms with E-state index >= 15 is 0 Å². The summed E-state index contributed by atoms with van der Waals surface area (Å²) < 4.78 is 15.9. The van der Waals surface area contributed by atoms with Gasteiger partial charge in [-0.05, 0) is 7.05 Å². The number of methoxy groups -OCH3 is 1. The second-order valence-corrected chi connectivity index (χ2v) is 3.07. The Hall–Kier alpha value is -0.160. The fourth-order valence-corrected chi connectivity index (χ4v) is 1.05. The first-order chi connectivity index (χ1) is 5.66. The summed E-state index contributed by atoms with van der Waals surface area (Å²) in [5, 5.41) is 0. The zero-order chi connectivity index (χ0) is 9.03. The first-order valence-electron chi connectivity index (χ1n) is 4.18. The van der Waals surface area contributed by atoms with Gasteiger partial charge in [0.25, 0.3) is 5.97 Å². The minimum Gasteiger partial charge on any atom is -0.331 e. The summed E-state index contributed by atoms with van der Waals surface area (Å²) in [7, 11) is 3.63. The van der Waals surface area contributed by atoms with E-state index in [4.69, 9.17) is 14.2 Å². The van der Waals surface area contributed by atoms with E-state index in [0.717, 1.165) is 13.1 Å². The molecule has 0 N–H and O–H groups in total. The van der Waals surface area contributed by atoms with E-state index in [0.29, 0.717) is 13.2 Å². The van der Waals surface area contributed by atoms with Crippen LogP contribution >= 0.6 is 0 Å². The van der Waals surface area contributed by atoms with Gasteiger partial charge in [-0.2, -0.15) is 0 Å². The SMILES string of the molecule is COC1(C)OCCN(C)CCO1. The normalized spacial score (nSPS) is 26.2. The largest absolute Gasteiger partial charge is 0.331 e. The van der Waals surface area contributed by atoms with Gasteiger partial charge in [0.1, 0.15) is 0 Å². The van der Waals surface area contributed by atoms with Gasteiger partial charge in [-0.15, -0.1) is 0 Å². The molecule has 0 spiro atoms. The summed E-state index contributed by atoms with van der Waals surface area (Å²) in [5.74, 6) is -0.846. The maximum absolute atomic E-state index is 5.40. The van der Waals surface area contributed by atoms with Crippen molar-refractivity contribution in [3.8, 4) is 0 Å². The third-order valence-electron chi connectivity index (χ3n) is 2.05. The van der Waals surface area contributed by atoms with Gasteiger partial charge < -0.3 is 19.1 Å². The molecule has 0 atom stereocenters. The van der Waals surface area contributed by atoms with E-state index in [9.17, 15) is 0 Å². The molecule has 0 saturated carbocycles. The second-order valence-electron chi connectivity index (χ2n) is 3.07. The molecule has 72 valence electrons. The lowest BCUT2D eigenvalue weighted by Crippen LogP contribution is -2.42. The van der Waals surface area contributed by atoms with E-state index in [-0.39, 0.29) is 0 Å². The van der Waals surface area contributed by atoms with Crippen LogP contribution in [0.3, 0.4) is 0 Å². The molecule has 1 aliphatic heterocycles. The van der Waals surface area contributed by atoms with Crippen LogP contribution in [0.25, 0.3) is 0 Å². The summed E-state index contributed by atoms with van der Waals surface area (Å²) in [6.45, 7) is 4.91. The Balaban J connectivity index is 2.40. The van der Waals surface area contributed by atoms with E-state index < -0.39 is 5.97 Å². The molecule has 0 bridgehead atoms. The van der Waals surface area contributed by atoms with Crippen LogP contribution in [0.5, 0.6) is 0 Å². The van der Waals surface area contributed by atoms with Crippen LogP contribution in [0.2, 0.25) is 0 Å². The van der Waals surface area contributed by atoms with Crippen LogP contribution in [-0.4, -0.2) is 51.3 Å². The molecule has 1 fully saturated rings. The standard InChI is InChI=1S/C8H17NO3/c1-8(10-3)11-6-4-9(2)5-7-12-8/h4-7H2,1-3H3. The van der Waals surface area contributed by atoms with Crippen molar-refractivity contribution in [3.63, 3.8) is 0 Å². The molecule has 0 amide bonds. The molecule has 0 aliphatic carbocycles. The number of hydrogen-bond acceptors (Lipinski definition) is 4. The zero-order valence-electron chi connectivity index (χ0n) is 8.00. The maximum atomic E-state index is 5.40. The van der Waals surface area contributed by atoms with E-state index in [1.54, 1.807) is 14.0 Å². The molecule has 1 rings (SSSR count). The monoisotopic (exact) mass is 175 g/mol. The van der Waals surface area contributed by atoms with Crippen LogP contribution in [0.15, 0.2) is 0 Å². The Morgan fingerprint density at radius 1 is 1.25 bits per heavy atom. The van der Waals surface area contributed by atoms with Crippen molar-refractivity contribution in [2.75, 3.05) is 40.5 Å². The summed E-state index contributed by atoms with van der Waals surface area (Å²) >= 11 is 0. The quantitative estimate of drug-likeness (QED) is 0.573. The van der Waals surface area contributed by atoms with Crippen molar-refractivity contribution in [1.82, 2.24) is 4.90 Å². The molecule has 0 aromatic heterocycles. The van der Waals surface area contributed by atoms with Gasteiger partial charge in [0.05, 0.1) is 13.2 Å². The first-order valence-corrected chi connectivity index (χ1v) is 4.18. The lowest BCUT2D eigenvalue weighted by molar-refractivity contribution is -0.365. The minimum atomic E-state index is -0.846. The van der Waals surface area contributed by atoms with Crippen molar-refractivity contribution < 1.29 is 14.2 Å². The molecule has 12 heavy (non-hydrogen) atoms. The molecule has 1 heterocycles. The lowest BCUT2D eigenvalue weighted by Gasteiger charge is -2.32. The van der Waals surface area contributed by atoms with E-state index in [2.05, 4.69) is 4.90 Å². The zero-order valence-corrected chi connectivity index (χ0v) is 8.00. The number of rotatable bonds is 1. The third-order valence-corrected chi connectivity index (χ3v) is 2.05. The van der Waals surface area contributed by atoms with Crippen LogP contribution in [0, 0.1) is 0 Å². The van der Waals surface area contributed by atoms with Gasteiger partial charge in [-0.1, -0.05) is 0 Å². The fraction of sp³-hybridized carbons (Fsp3) is 1.00. The summed E-state index contributed by atoms with van der Waals surface area (Å²) in [5.41, 5.74) is 0. The van der Waals surface area contributed by atoms with E-state index in [1.807, 2.05) is 7.05 Å². The summed E-state index contributed by atoms with van der Waals surface area (Å²) in [6, 6.07) is 0. The van der Waals surface area contributed by atoms with Crippen LogP contribution < -0.4 is 0 Å². The summed E-state index contributed by atoms with van der Waals surface area (Å²) in [4.78, 5) is 2.16. The Morgan fingerprint density at radius 3 is 2.17 bits per heavy atom. The predicted molar refractivity (Wildman–Crippen MR) is 44.8 cm³/mol. The van der Waals surface area contributed by atoms with Crippen molar-refractivity contribution in [3.05, 3.63) is 0 Å². The number of nitrogens with zero attached hydrogens (tertiary/aromatic N) is 1. The molecule has 0 radical (unpaired) electrons. The molecule has 1 saturated heterocycles. The number of hydrogen-bond donors (Lipinski definition) is 0. The number of ether oxygens (including phenoxy) is 3.